The van der Waals surface area contributed by atoms with Crippen molar-refractivity contribution >= 4 is 0 Å². The Balaban J connectivity index is 2.62. The van der Waals surface area contributed by atoms with Gasteiger partial charge in [0.05, 0.1) is 13.7 Å². The number of aromatic hydroxyl groups is 1. The summed E-state index contributed by atoms with van der Waals surface area (Å²) in [7, 11) is 3.14. The lowest BCUT2D eigenvalue weighted by Crippen LogP contribution is -2.04. The van der Waals surface area contributed by atoms with E-state index in [0.29, 0.717) is 24.7 Å². The molecule has 0 spiro atoms. The van der Waals surface area contributed by atoms with Crippen LogP contribution >= 0.6 is 0 Å². The fourth-order valence-electron chi connectivity index (χ4n) is 1.00. The Morgan fingerprint density at radius 3 is 2.43 bits per heavy atom. The molecule has 0 radical (unpaired) electrons. The van der Waals surface area contributed by atoms with Gasteiger partial charge in [0.15, 0.2) is 0 Å². The molecule has 14 heavy (non-hydrogen) atoms. The van der Waals surface area contributed by atoms with Crippen LogP contribution in [0.15, 0.2) is 18.2 Å². The monoisotopic (exact) mass is 198 g/mol. The van der Waals surface area contributed by atoms with Gasteiger partial charge in [-0.2, -0.15) is 0 Å². The van der Waals surface area contributed by atoms with E-state index < -0.39 is 0 Å². The summed E-state index contributed by atoms with van der Waals surface area (Å²) in [6.07, 6.45) is 0. The molecule has 1 aromatic rings. The normalized spacial score (nSPS) is 9.86. The maximum Gasteiger partial charge on any atom is 0.126 e. The van der Waals surface area contributed by atoms with Crippen LogP contribution in [0.2, 0.25) is 0 Å². The first-order valence-corrected chi connectivity index (χ1v) is 4.26. The standard InChI is InChI=1S/C10H14O4/c1-12-3-4-14-10-6-8(11)5-9(7-10)13-2/h5-7,11H,3-4H2,1-2H3. The van der Waals surface area contributed by atoms with Gasteiger partial charge in [0.25, 0.3) is 0 Å². The third-order valence-corrected chi connectivity index (χ3v) is 1.66. The van der Waals surface area contributed by atoms with Crippen molar-refractivity contribution in [3.8, 4) is 17.2 Å². The lowest BCUT2D eigenvalue weighted by molar-refractivity contribution is 0.146. The van der Waals surface area contributed by atoms with Crippen LogP contribution in [0.5, 0.6) is 17.2 Å². The fourth-order valence-corrected chi connectivity index (χ4v) is 1.00. The molecular formula is C10H14O4. The average Bonchev–Trinajstić information content (AvgIpc) is 2.17. The quantitative estimate of drug-likeness (QED) is 0.727. The molecule has 0 aromatic heterocycles. The molecule has 0 amide bonds. The molecule has 0 heterocycles. The summed E-state index contributed by atoms with van der Waals surface area (Å²) in [6, 6.07) is 4.75. The predicted octanol–water partition coefficient (Wildman–Crippen LogP) is 1.43. The number of ether oxygens (including phenoxy) is 3. The second kappa shape index (κ2) is 5.34. The Morgan fingerprint density at radius 2 is 1.79 bits per heavy atom. The van der Waals surface area contributed by atoms with Crippen molar-refractivity contribution in [1.29, 1.82) is 0 Å². The van der Waals surface area contributed by atoms with Crippen molar-refractivity contribution in [2.75, 3.05) is 27.4 Å². The Labute approximate surface area is 83.0 Å². The molecule has 0 aliphatic rings. The molecule has 0 atom stereocenters. The summed E-state index contributed by atoms with van der Waals surface area (Å²) >= 11 is 0. The van der Waals surface area contributed by atoms with E-state index in [0.717, 1.165) is 0 Å². The molecule has 1 N–H and O–H groups in total. The number of methoxy groups -OCH3 is 2. The van der Waals surface area contributed by atoms with Gasteiger partial charge >= 0.3 is 0 Å². The fraction of sp³-hybridized carbons (Fsp3) is 0.400. The molecule has 0 fully saturated rings. The van der Waals surface area contributed by atoms with Gasteiger partial charge in [-0.1, -0.05) is 0 Å². The van der Waals surface area contributed by atoms with Gasteiger partial charge in [0, 0.05) is 25.3 Å². The molecule has 0 saturated carbocycles. The van der Waals surface area contributed by atoms with Crippen molar-refractivity contribution in [2.24, 2.45) is 0 Å². The maximum absolute atomic E-state index is 9.29. The molecule has 0 aliphatic heterocycles. The molecule has 0 unspecified atom stereocenters. The van der Waals surface area contributed by atoms with E-state index in [4.69, 9.17) is 14.2 Å². The molecule has 0 saturated heterocycles. The van der Waals surface area contributed by atoms with E-state index >= 15 is 0 Å². The summed E-state index contributed by atoms with van der Waals surface area (Å²) in [4.78, 5) is 0. The van der Waals surface area contributed by atoms with Gasteiger partial charge in [-0.15, -0.1) is 0 Å². The molecule has 1 rings (SSSR count). The third-order valence-electron chi connectivity index (χ3n) is 1.66. The maximum atomic E-state index is 9.29. The second-order valence-corrected chi connectivity index (χ2v) is 2.71. The highest BCUT2D eigenvalue weighted by molar-refractivity contribution is 5.41. The van der Waals surface area contributed by atoms with Crippen molar-refractivity contribution < 1.29 is 19.3 Å². The first-order chi connectivity index (χ1) is 6.76. The van der Waals surface area contributed by atoms with Crippen molar-refractivity contribution in [2.45, 2.75) is 0 Å². The summed E-state index contributed by atoms with van der Waals surface area (Å²) in [6.45, 7) is 0.959. The molecule has 0 aliphatic carbocycles. The van der Waals surface area contributed by atoms with E-state index in [1.165, 1.54) is 19.2 Å². The molecule has 78 valence electrons. The smallest absolute Gasteiger partial charge is 0.126 e. The first kappa shape index (κ1) is 10.7. The Morgan fingerprint density at radius 1 is 1.07 bits per heavy atom. The summed E-state index contributed by atoms with van der Waals surface area (Å²) in [5.41, 5.74) is 0. The minimum atomic E-state index is 0.122. The van der Waals surface area contributed by atoms with Crippen LogP contribution in [0.1, 0.15) is 0 Å². The molecule has 0 bridgehead atoms. The largest absolute Gasteiger partial charge is 0.508 e. The van der Waals surface area contributed by atoms with Crippen LogP contribution < -0.4 is 9.47 Å². The molecular weight excluding hydrogens is 184 g/mol. The topological polar surface area (TPSA) is 47.9 Å². The summed E-state index contributed by atoms with van der Waals surface area (Å²) in [5.74, 6) is 1.26. The van der Waals surface area contributed by atoms with Crippen LogP contribution in [0.3, 0.4) is 0 Å². The van der Waals surface area contributed by atoms with Crippen LogP contribution in [0, 0.1) is 0 Å². The van der Waals surface area contributed by atoms with Crippen molar-refractivity contribution in [3.63, 3.8) is 0 Å². The van der Waals surface area contributed by atoms with E-state index in [9.17, 15) is 5.11 Å². The van der Waals surface area contributed by atoms with Gasteiger partial charge in [0.2, 0.25) is 0 Å². The van der Waals surface area contributed by atoms with Crippen molar-refractivity contribution in [1.82, 2.24) is 0 Å². The van der Waals surface area contributed by atoms with Crippen LogP contribution in [-0.4, -0.2) is 32.5 Å². The highest BCUT2D eigenvalue weighted by Crippen LogP contribution is 2.26. The number of hydrogen-bond acceptors (Lipinski definition) is 4. The van der Waals surface area contributed by atoms with Gasteiger partial charge in [-0.25, -0.2) is 0 Å². The Kier molecular flexibility index (Phi) is 4.07. The van der Waals surface area contributed by atoms with Crippen molar-refractivity contribution in [3.05, 3.63) is 18.2 Å². The third kappa shape index (κ3) is 3.14. The van der Waals surface area contributed by atoms with Crippen LogP contribution in [0.25, 0.3) is 0 Å². The SMILES string of the molecule is COCCOc1cc(O)cc(OC)c1. The van der Waals surface area contributed by atoms with Crippen LogP contribution in [-0.2, 0) is 4.74 Å². The number of phenols is 1. The number of rotatable bonds is 5. The zero-order valence-corrected chi connectivity index (χ0v) is 8.32. The van der Waals surface area contributed by atoms with E-state index in [1.807, 2.05) is 0 Å². The number of hydrogen-bond donors (Lipinski definition) is 1. The highest BCUT2D eigenvalue weighted by atomic mass is 16.5. The van der Waals surface area contributed by atoms with E-state index in [-0.39, 0.29) is 5.75 Å². The lowest BCUT2D eigenvalue weighted by Gasteiger charge is -2.07. The van der Waals surface area contributed by atoms with Crippen LogP contribution in [0.4, 0.5) is 0 Å². The number of phenolic OH excluding ortho intramolecular Hbond substituents is 1. The van der Waals surface area contributed by atoms with E-state index in [1.54, 1.807) is 13.2 Å². The zero-order valence-electron chi connectivity index (χ0n) is 8.32. The zero-order chi connectivity index (χ0) is 10.4. The van der Waals surface area contributed by atoms with Gasteiger partial charge < -0.3 is 19.3 Å². The first-order valence-electron chi connectivity index (χ1n) is 4.26. The minimum absolute atomic E-state index is 0.122. The predicted molar refractivity (Wildman–Crippen MR) is 52.0 cm³/mol. The Hall–Kier alpha value is -1.42. The van der Waals surface area contributed by atoms with Gasteiger partial charge in [-0.05, 0) is 0 Å². The summed E-state index contributed by atoms with van der Waals surface area (Å²) < 4.78 is 15.1. The van der Waals surface area contributed by atoms with Gasteiger partial charge in [0.1, 0.15) is 23.9 Å². The van der Waals surface area contributed by atoms with E-state index in [2.05, 4.69) is 0 Å². The second-order valence-electron chi connectivity index (χ2n) is 2.71. The lowest BCUT2D eigenvalue weighted by atomic mass is 10.3. The Bertz CT molecular complexity index is 285. The van der Waals surface area contributed by atoms with Gasteiger partial charge in [-0.3, -0.25) is 0 Å². The summed E-state index contributed by atoms with van der Waals surface area (Å²) in [5, 5.41) is 9.29. The highest BCUT2D eigenvalue weighted by Gasteiger charge is 2.00. The average molecular weight is 198 g/mol. The minimum Gasteiger partial charge on any atom is -0.508 e. The molecule has 1 aromatic carbocycles. The molecule has 4 nitrogen and oxygen atoms in total. The molecule has 4 heteroatoms. The number of benzene rings is 1.